The van der Waals surface area contributed by atoms with Gasteiger partial charge in [0.05, 0.1) is 23.8 Å². The Morgan fingerprint density at radius 3 is 1.93 bits per heavy atom. The zero-order valence-electron chi connectivity index (χ0n) is 16.2. The first-order chi connectivity index (χ1) is 14.7. The second kappa shape index (κ2) is 5.99. The molecule has 2 bridgehead atoms. The van der Waals surface area contributed by atoms with Crippen LogP contribution >= 0.6 is 0 Å². The van der Waals surface area contributed by atoms with Crippen molar-refractivity contribution in [1.82, 2.24) is 4.90 Å². The van der Waals surface area contributed by atoms with Gasteiger partial charge in [-0.25, -0.2) is 0 Å². The van der Waals surface area contributed by atoms with E-state index in [1.807, 2.05) is 78.9 Å². The van der Waals surface area contributed by atoms with E-state index < -0.39 is 17.3 Å². The Balaban J connectivity index is 1.58. The maximum atomic E-state index is 13.7. The number of imide groups is 1. The number of rotatable bonds is 3. The van der Waals surface area contributed by atoms with Crippen LogP contribution in [0.3, 0.4) is 0 Å². The zero-order chi connectivity index (χ0) is 20.5. The van der Waals surface area contributed by atoms with E-state index in [1.54, 1.807) is 0 Å². The molecule has 1 heterocycles. The highest BCUT2D eigenvalue weighted by molar-refractivity contribution is 6.10. The summed E-state index contributed by atoms with van der Waals surface area (Å²) in [5.41, 5.74) is 3.50. The summed E-state index contributed by atoms with van der Waals surface area (Å²) in [5, 5.41) is 0. The molecular formula is C26H19NO3. The first-order valence-corrected chi connectivity index (χ1v) is 10.2. The molecule has 2 atom stereocenters. The van der Waals surface area contributed by atoms with Crippen molar-refractivity contribution in [3.8, 4) is 0 Å². The van der Waals surface area contributed by atoms with Gasteiger partial charge >= 0.3 is 0 Å². The van der Waals surface area contributed by atoms with E-state index in [1.165, 1.54) is 4.90 Å². The van der Waals surface area contributed by atoms with Crippen molar-refractivity contribution in [3.05, 3.63) is 107 Å². The quantitative estimate of drug-likeness (QED) is 0.506. The molecule has 3 aromatic rings. The lowest BCUT2D eigenvalue weighted by Crippen LogP contribution is -2.54. The third-order valence-electron chi connectivity index (χ3n) is 7.14. The van der Waals surface area contributed by atoms with Crippen molar-refractivity contribution in [2.24, 2.45) is 11.8 Å². The van der Waals surface area contributed by atoms with Crippen LogP contribution in [0.1, 0.15) is 33.7 Å². The fraction of sp³-hybridized carbons (Fsp3) is 0.192. The topological polar surface area (TPSA) is 54.5 Å². The van der Waals surface area contributed by atoms with E-state index in [4.69, 9.17) is 0 Å². The molecule has 7 rings (SSSR count). The number of benzene rings is 3. The minimum absolute atomic E-state index is 0.172. The number of hydrogen-bond donors (Lipinski definition) is 0. The summed E-state index contributed by atoms with van der Waals surface area (Å²) in [6.07, 6.45) is 0.912. The van der Waals surface area contributed by atoms with Crippen LogP contribution in [0.5, 0.6) is 0 Å². The van der Waals surface area contributed by atoms with Crippen LogP contribution in [0, 0.1) is 11.8 Å². The van der Waals surface area contributed by atoms with E-state index >= 15 is 0 Å². The van der Waals surface area contributed by atoms with Gasteiger partial charge in [-0.15, -0.1) is 0 Å². The average molecular weight is 393 g/mol. The van der Waals surface area contributed by atoms with Gasteiger partial charge in [0, 0.05) is 5.92 Å². The van der Waals surface area contributed by atoms with Gasteiger partial charge in [0.15, 0.2) is 0 Å². The molecule has 2 amide bonds. The maximum absolute atomic E-state index is 13.7. The molecule has 4 aliphatic rings. The lowest BCUT2D eigenvalue weighted by atomic mass is 9.48. The van der Waals surface area contributed by atoms with Gasteiger partial charge in [-0.2, -0.15) is 0 Å². The molecule has 1 aliphatic heterocycles. The smallest absolute Gasteiger partial charge is 0.235 e. The van der Waals surface area contributed by atoms with E-state index in [0.717, 1.165) is 34.1 Å². The summed E-state index contributed by atoms with van der Waals surface area (Å²) < 4.78 is 0. The molecule has 2 unspecified atom stereocenters. The van der Waals surface area contributed by atoms with Crippen LogP contribution < -0.4 is 0 Å². The average Bonchev–Trinajstić information content (AvgIpc) is 3.05. The highest BCUT2D eigenvalue weighted by atomic mass is 16.2. The summed E-state index contributed by atoms with van der Waals surface area (Å²) >= 11 is 0. The second-order valence-corrected chi connectivity index (χ2v) is 8.39. The van der Waals surface area contributed by atoms with Crippen LogP contribution in [0.2, 0.25) is 0 Å². The number of likely N-dealkylation sites (tertiary alicyclic amines) is 1. The predicted molar refractivity (Wildman–Crippen MR) is 111 cm³/mol. The number of amides is 2. The summed E-state index contributed by atoms with van der Waals surface area (Å²) in [6.45, 7) is 0.236. The van der Waals surface area contributed by atoms with Crippen molar-refractivity contribution in [2.75, 3.05) is 0 Å². The van der Waals surface area contributed by atoms with Gasteiger partial charge in [0.1, 0.15) is 6.29 Å². The standard InChI is InChI=1S/C26H19NO3/c28-15-26-19-12-6-4-10-17(19)21(18-11-5-7-13-20(18)26)22-23(26)25(30)27(24(22)29)14-16-8-2-1-3-9-16/h1-13,15,21-23H,14H2. The summed E-state index contributed by atoms with van der Waals surface area (Å²) in [7, 11) is 0. The van der Waals surface area contributed by atoms with Crippen LogP contribution in [0.15, 0.2) is 78.9 Å². The molecule has 0 radical (unpaired) electrons. The monoisotopic (exact) mass is 393 g/mol. The minimum atomic E-state index is -1.12. The molecule has 0 spiro atoms. The molecule has 1 saturated heterocycles. The third-order valence-corrected chi connectivity index (χ3v) is 7.14. The van der Waals surface area contributed by atoms with Crippen molar-refractivity contribution in [2.45, 2.75) is 17.9 Å². The molecule has 146 valence electrons. The Bertz CT molecular complexity index is 1170. The molecule has 0 aromatic heterocycles. The molecule has 3 aromatic carbocycles. The fourth-order valence-electron chi connectivity index (χ4n) is 6.01. The first-order valence-electron chi connectivity index (χ1n) is 10.2. The van der Waals surface area contributed by atoms with Gasteiger partial charge in [-0.05, 0) is 27.8 Å². The van der Waals surface area contributed by atoms with Crippen molar-refractivity contribution < 1.29 is 14.4 Å². The lowest BCUT2D eigenvalue weighted by molar-refractivity contribution is -0.141. The Hall–Kier alpha value is -3.53. The highest BCUT2D eigenvalue weighted by Crippen LogP contribution is 2.63. The van der Waals surface area contributed by atoms with Gasteiger partial charge in [0.25, 0.3) is 0 Å². The van der Waals surface area contributed by atoms with Gasteiger partial charge in [-0.3, -0.25) is 14.5 Å². The van der Waals surface area contributed by atoms with Crippen LogP contribution in [0.4, 0.5) is 0 Å². The van der Waals surface area contributed by atoms with Crippen molar-refractivity contribution >= 4 is 18.1 Å². The Morgan fingerprint density at radius 2 is 1.33 bits per heavy atom. The number of carbonyl (C=O) groups excluding carboxylic acids is 3. The SMILES string of the molecule is O=CC12c3ccccc3C(c3ccccc31)C1C(=O)N(Cc3ccccc3)C(=O)C12. The van der Waals surface area contributed by atoms with Gasteiger partial charge in [0.2, 0.25) is 11.8 Å². The number of carbonyl (C=O) groups is 3. The third kappa shape index (κ3) is 1.93. The largest absolute Gasteiger partial charge is 0.302 e. The van der Waals surface area contributed by atoms with Crippen LogP contribution in [-0.2, 0) is 26.3 Å². The summed E-state index contributed by atoms with van der Waals surface area (Å²) in [6, 6.07) is 25.1. The minimum Gasteiger partial charge on any atom is -0.302 e. The number of aldehydes is 1. The van der Waals surface area contributed by atoms with Crippen LogP contribution in [-0.4, -0.2) is 23.0 Å². The molecule has 4 heteroatoms. The van der Waals surface area contributed by atoms with Crippen molar-refractivity contribution in [1.29, 1.82) is 0 Å². The van der Waals surface area contributed by atoms with E-state index in [2.05, 4.69) is 0 Å². The Morgan fingerprint density at radius 1 is 0.767 bits per heavy atom. The van der Waals surface area contributed by atoms with E-state index in [9.17, 15) is 14.4 Å². The first kappa shape index (κ1) is 17.3. The number of hydrogen-bond acceptors (Lipinski definition) is 3. The van der Waals surface area contributed by atoms with Gasteiger partial charge in [-0.1, -0.05) is 78.9 Å². The Kier molecular flexibility index (Phi) is 3.46. The normalized spacial score (nSPS) is 28.1. The molecule has 3 aliphatic carbocycles. The van der Waals surface area contributed by atoms with E-state index in [0.29, 0.717) is 0 Å². The molecule has 4 nitrogen and oxygen atoms in total. The zero-order valence-corrected chi connectivity index (χ0v) is 16.2. The lowest BCUT2D eigenvalue weighted by Gasteiger charge is -2.51. The second-order valence-electron chi connectivity index (χ2n) is 8.39. The summed E-state index contributed by atoms with van der Waals surface area (Å²) in [5.74, 6) is -1.86. The maximum Gasteiger partial charge on any atom is 0.235 e. The van der Waals surface area contributed by atoms with Crippen molar-refractivity contribution in [3.63, 3.8) is 0 Å². The summed E-state index contributed by atoms with van der Waals surface area (Å²) in [4.78, 5) is 41.5. The van der Waals surface area contributed by atoms with E-state index in [-0.39, 0.29) is 24.3 Å². The molecule has 0 N–H and O–H groups in total. The Labute approximate surface area is 174 Å². The predicted octanol–water partition coefficient (Wildman–Crippen LogP) is 3.43. The van der Waals surface area contributed by atoms with Crippen LogP contribution in [0.25, 0.3) is 0 Å². The van der Waals surface area contributed by atoms with Gasteiger partial charge < -0.3 is 4.79 Å². The highest BCUT2D eigenvalue weighted by Gasteiger charge is 2.68. The number of nitrogens with zero attached hydrogens (tertiary/aromatic N) is 1. The molecular weight excluding hydrogens is 374 g/mol. The molecule has 0 saturated carbocycles. The molecule has 30 heavy (non-hydrogen) atoms. The fourth-order valence-corrected chi connectivity index (χ4v) is 6.01. The molecule has 1 fully saturated rings.